The van der Waals surface area contributed by atoms with Crippen molar-refractivity contribution in [1.29, 1.82) is 0 Å². The quantitative estimate of drug-likeness (QED) is 0.420. The van der Waals surface area contributed by atoms with Gasteiger partial charge in [-0.25, -0.2) is 0 Å². The van der Waals surface area contributed by atoms with Crippen LogP contribution in [0, 0.1) is 0 Å². The molecule has 0 atom stereocenters. The number of hydrogen-bond acceptors (Lipinski definition) is 0. The molecule has 0 aromatic heterocycles. The zero-order valence-corrected chi connectivity index (χ0v) is 10.4. The molecule has 6 heteroatoms. The van der Waals surface area contributed by atoms with E-state index >= 15 is 0 Å². The molecular formula is C2H4Si6. The summed E-state index contributed by atoms with van der Waals surface area (Å²) in [6, 6.07) is 0. The lowest BCUT2D eigenvalue weighted by Crippen LogP contribution is -2.65. The van der Waals surface area contributed by atoms with E-state index in [0.717, 1.165) is 0 Å². The highest BCUT2D eigenvalue weighted by atomic mass is 29.6. The Morgan fingerprint density at radius 3 is 1.00 bits per heavy atom. The highest BCUT2D eigenvalue weighted by Crippen LogP contribution is 2.30. The molecule has 0 aliphatic carbocycles. The fourth-order valence-electron chi connectivity index (χ4n) is 0.979. The van der Waals surface area contributed by atoms with Crippen molar-refractivity contribution in [2.24, 2.45) is 0 Å². The standard InChI is InChI=1S/C2H4Si6/c3-7(4)1-8(5,6)2-7/h1-2H2. The third kappa shape index (κ3) is 1.64. The Bertz CT molecular complexity index is 83.1. The predicted molar refractivity (Wildman–Crippen MR) is 44.1 cm³/mol. The molecule has 0 amide bonds. The zero-order chi connectivity index (χ0) is 6.41. The van der Waals surface area contributed by atoms with Crippen LogP contribution in [0.3, 0.4) is 0 Å². The summed E-state index contributed by atoms with van der Waals surface area (Å²) in [5, 5.41) is 0. The first-order valence-electron chi connectivity index (χ1n) is 2.41. The third-order valence-corrected chi connectivity index (χ3v) is 23.6. The molecule has 0 N–H and O–H groups in total. The first kappa shape index (κ1) is 7.41. The Morgan fingerprint density at radius 2 is 1.00 bits per heavy atom. The van der Waals surface area contributed by atoms with Crippen LogP contribution in [0.25, 0.3) is 0 Å². The Morgan fingerprint density at radius 1 is 0.750 bits per heavy atom. The molecule has 8 heavy (non-hydrogen) atoms. The molecule has 1 aliphatic rings. The summed E-state index contributed by atoms with van der Waals surface area (Å²) in [7, 11) is 12.8. The topological polar surface area (TPSA) is 0 Å². The second kappa shape index (κ2) is 1.89. The van der Waals surface area contributed by atoms with Crippen LogP contribution in [0.1, 0.15) is 0 Å². The van der Waals surface area contributed by atoms with Gasteiger partial charge in [-0.2, -0.15) is 0 Å². The van der Waals surface area contributed by atoms with Gasteiger partial charge >= 0.3 is 0 Å². The average Bonchev–Trinajstić information content (AvgIpc) is 1.20. The molecule has 1 fully saturated rings. The maximum atomic E-state index is 3.71. The van der Waals surface area contributed by atoms with Gasteiger partial charge in [0.25, 0.3) is 0 Å². The van der Waals surface area contributed by atoms with E-state index in [4.69, 9.17) is 0 Å². The van der Waals surface area contributed by atoms with Gasteiger partial charge in [0, 0.05) is 53.3 Å². The molecule has 1 rings (SSSR count). The van der Waals surface area contributed by atoms with Crippen molar-refractivity contribution in [3.8, 4) is 0 Å². The molecule has 0 aromatic rings. The minimum atomic E-state index is -1.01. The van der Waals surface area contributed by atoms with Crippen molar-refractivity contribution in [3.05, 3.63) is 0 Å². The second-order valence-corrected chi connectivity index (χ2v) is 24.2. The molecule has 0 spiro atoms. The summed E-state index contributed by atoms with van der Waals surface area (Å²) in [6.45, 7) is 0. The van der Waals surface area contributed by atoms with E-state index in [1.807, 2.05) is 0 Å². The normalized spacial score (nSPS) is 31.5. The van der Waals surface area contributed by atoms with Gasteiger partial charge in [0.2, 0.25) is 0 Å². The van der Waals surface area contributed by atoms with Crippen LogP contribution in [0.4, 0.5) is 0 Å². The van der Waals surface area contributed by atoms with Gasteiger partial charge in [0.05, 0.1) is 0 Å². The summed E-state index contributed by atoms with van der Waals surface area (Å²) in [6.07, 6.45) is 0. The lowest BCUT2D eigenvalue weighted by molar-refractivity contribution is 1.60. The smallest absolute Gasteiger partial charge is 0.0182 e. The lowest BCUT2D eigenvalue weighted by atomic mass is 11.8. The van der Waals surface area contributed by atoms with E-state index in [-0.39, 0.29) is 0 Å². The molecule has 0 bridgehead atoms. The molecule has 1 saturated heterocycles. The van der Waals surface area contributed by atoms with Gasteiger partial charge in [0.1, 0.15) is 0 Å². The largest absolute Gasteiger partial charge is 0.0712 e. The summed E-state index contributed by atoms with van der Waals surface area (Å²) in [5.74, 6) is 0. The molecule has 12 radical (unpaired) electrons. The molecule has 36 valence electrons. The minimum absolute atomic E-state index is 1.01. The van der Waals surface area contributed by atoms with E-state index in [1.165, 1.54) is 11.3 Å². The molecular weight excluding hydrogens is 193 g/mol. The van der Waals surface area contributed by atoms with Gasteiger partial charge in [-0.3, -0.25) is 0 Å². The summed E-state index contributed by atoms with van der Waals surface area (Å²) < 4.78 is 0. The van der Waals surface area contributed by atoms with Gasteiger partial charge < -0.3 is 0 Å². The van der Waals surface area contributed by atoms with Crippen LogP contribution in [-0.2, 0) is 0 Å². The molecule has 1 heterocycles. The third-order valence-electron chi connectivity index (χ3n) is 1.21. The van der Waals surface area contributed by atoms with Crippen LogP contribution in [0.5, 0.6) is 0 Å². The molecule has 0 saturated carbocycles. The highest BCUT2D eigenvalue weighted by molar-refractivity contribution is 7.63. The first-order valence-corrected chi connectivity index (χ1v) is 13.2. The molecule has 0 aromatic carbocycles. The van der Waals surface area contributed by atoms with Gasteiger partial charge in [-0.15, -0.1) is 0 Å². The van der Waals surface area contributed by atoms with Crippen molar-refractivity contribution in [2.45, 2.75) is 11.3 Å². The lowest BCUT2D eigenvalue weighted by Gasteiger charge is -2.46. The van der Waals surface area contributed by atoms with Crippen molar-refractivity contribution >= 4 is 53.3 Å². The second-order valence-electron chi connectivity index (χ2n) is 2.52. The Balaban J connectivity index is 2.42. The Kier molecular flexibility index (Phi) is 1.75. The first-order chi connectivity index (χ1) is 3.41. The van der Waals surface area contributed by atoms with E-state index in [2.05, 4.69) is 39.0 Å². The van der Waals surface area contributed by atoms with Crippen LogP contribution >= 0.6 is 0 Å². The van der Waals surface area contributed by atoms with Gasteiger partial charge in [-0.05, 0) is 0 Å². The predicted octanol–water partition coefficient (Wildman–Crippen LogP) is -1.36. The maximum Gasteiger partial charge on any atom is 0.0182 e. The summed E-state index contributed by atoms with van der Waals surface area (Å²) in [5.41, 5.74) is 2.67. The number of rotatable bonds is 0. The van der Waals surface area contributed by atoms with Crippen molar-refractivity contribution < 1.29 is 0 Å². The van der Waals surface area contributed by atoms with E-state index in [1.54, 1.807) is 0 Å². The van der Waals surface area contributed by atoms with Crippen molar-refractivity contribution in [1.82, 2.24) is 0 Å². The van der Waals surface area contributed by atoms with E-state index < -0.39 is 14.2 Å². The Labute approximate surface area is 64.7 Å². The van der Waals surface area contributed by atoms with Gasteiger partial charge in [0.15, 0.2) is 0 Å². The fourth-order valence-corrected chi connectivity index (χ4v) is 43.3. The van der Waals surface area contributed by atoms with Crippen LogP contribution in [0.15, 0.2) is 0 Å². The van der Waals surface area contributed by atoms with E-state index in [0.29, 0.717) is 0 Å². The molecule has 0 nitrogen and oxygen atoms in total. The molecule has 0 unspecified atom stereocenters. The maximum absolute atomic E-state index is 3.71. The Hall–Kier alpha value is 1.30. The highest BCUT2D eigenvalue weighted by Gasteiger charge is 2.44. The average molecular weight is 197 g/mol. The van der Waals surface area contributed by atoms with Crippen molar-refractivity contribution in [3.63, 3.8) is 0 Å². The van der Waals surface area contributed by atoms with E-state index in [9.17, 15) is 0 Å². The summed E-state index contributed by atoms with van der Waals surface area (Å²) >= 11 is 0. The monoisotopic (exact) mass is 196 g/mol. The van der Waals surface area contributed by atoms with Crippen LogP contribution in [-0.4, -0.2) is 53.3 Å². The SMILES string of the molecule is [Si][Si]1([Si])C[Si]([Si])([Si])C1. The van der Waals surface area contributed by atoms with Gasteiger partial charge in [-0.1, -0.05) is 11.3 Å². The van der Waals surface area contributed by atoms with Crippen molar-refractivity contribution in [2.75, 3.05) is 0 Å². The van der Waals surface area contributed by atoms with Crippen LogP contribution in [0.2, 0.25) is 11.3 Å². The summed E-state index contributed by atoms with van der Waals surface area (Å²) in [4.78, 5) is 0. The zero-order valence-electron chi connectivity index (χ0n) is 4.41. The number of hydrogen-bond donors (Lipinski definition) is 0. The molecule has 1 aliphatic heterocycles. The fraction of sp³-hybridized carbons (Fsp3) is 1.00. The van der Waals surface area contributed by atoms with Crippen LogP contribution < -0.4 is 0 Å². The minimum Gasteiger partial charge on any atom is -0.0712 e.